The lowest BCUT2D eigenvalue weighted by Gasteiger charge is -2.34. The zero-order chi connectivity index (χ0) is 11.4. The van der Waals surface area contributed by atoms with Gasteiger partial charge in [-0.25, -0.2) is 0 Å². The van der Waals surface area contributed by atoms with Crippen molar-refractivity contribution < 1.29 is 0 Å². The summed E-state index contributed by atoms with van der Waals surface area (Å²) in [5.74, 6) is 0. The lowest BCUT2D eigenvalue weighted by molar-refractivity contribution is 0.165. The Morgan fingerprint density at radius 1 is 1.50 bits per heavy atom. The van der Waals surface area contributed by atoms with Crippen molar-refractivity contribution in [2.24, 2.45) is 0 Å². The molecule has 0 radical (unpaired) electrons. The molecule has 1 aliphatic heterocycles. The van der Waals surface area contributed by atoms with Gasteiger partial charge < -0.3 is 5.32 Å². The topological polar surface area (TPSA) is 39.1 Å². The zero-order valence-electron chi connectivity index (χ0n) is 9.61. The van der Waals surface area contributed by atoms with Gasteiger partial charge in [-0.1, -0.05) is 18.2 Å². The number of nitrogens with one attached hydrogen (secondary N) is 1. The van der Waals surface area contributed by atoms with Crippen molar-refractivity contribution in [2.75, 3.05) is 19.6 Å². The highest BCUT2D eigenvalue weighted by Gasteiger charge is 2.18. The summed E-state index contributed by atoms with van der Waals surface area (Å²) in [6.45, 7) is 6.24. The third-order valence-electron chi connectivity index (χ3n) is 3.15. The summed E-state index contributed by atoms with van der Waals surface area (Å²) in [7, 11) is 0. The van der Waals surface area contributed by atoms with Crippen LogP contribution in [0.1, 0.15) is 18.1 Å². The highest BCUT2D eigenvalue weighted by atomic mass is 15.2. The molecule has 0 amide bonds. The number of benzene rings is 1. The van der Waals surface area contributed by atoms with Crippen LogP contribution in [0.25, 0.3) is 0 Å². The summed E-state index contributed by atoms with van der Waals surface area (Å²) in [4.78, 5) is 2.42. The van der Waals surface area contributed by atoms with E-state index in [2.05, 4.69) is 23.2 Å². The first-order valence-corrected chi connectivity index (χ1v) is 5.74. The first-order valence-electron chi connectivity index (χ1n) is 5.74. The SMILES string of the molecule is C[C@H]1CNCCN1Cc1ccccc1C#N. The fourth-order valence-electron chi connectivity index (χ4n) is 2.10. The molecule has 0 bridgehead atoms. The summed E-state index contributed by atoms with van der Waals surface area (Å²) in [5, 5.41) is 12.4. The van der Waals surface area contributed by atoms with Crippen LogP contribution in [0, 0.1) is 11.3 Å². The van der Waals surface area contributed by atoms with Crippen LogP contribution in [0.15, 0.2) is 24.3 Å². The molecule has 3 heteroatoms. The molecule has 0 unspecified atom stereocenters. The standard InChI is InChI=1S/C13H17N3/c1-11-9-15-6-7-16(11)10-13-5-3-2-4-12(13)8-14/h2-5,11,15H,6-7,9-10H2,1H3/t11-/m0/s1. The molecule has 1 heterocycles. The van der Waals surface area contributed by atoms with Gasteiger partial charge in [-0.05, 0) is 18.6 Å². The molecule has 16 heavy (non-hydrogen) atoms. The number of piperazine rings is 1. The molecular formula is C13H17N3. The molecule has 1 aliphatic rings. The van der Waals surface area contributed by atoms with E-state index in [-0.39, 0.29) is 0 Å². The van der Waals surface area contributed by atoms with Gasteiger partial charge in [0.1, 0.15) is 0 Å². The number of hydrogen-bond acceptors (Lipinski definition) is 3. The van der Waals surface area contributed by atoms with E-state index in [4.69, 9.17) is 5.26 Å². The maximum Gasteiger partial charge on any atom is 0.0995 e. The first kappa shape index (κ1) is 11.1. The Labute approximate surface area is 96.7 Å². The van der Waals surface area contributed by atoms with Crippen LogP contribution in [0.5, 0.6) is 0 Å². The fourth-order valence-corrected chi connectivity index (χ4v) is 2.10. The third-order valence-corrected chi connectivity index (χ3v) is 3.15. The smallest absolute Gasteiger partial charge is 0.0995 e. The maximum atomic E-state index is 9.03. The van der Waals surface area contributed by atoms with Crippen molar-refractivity contribution in [3.63, 3.8) is 0 Å². The molecule has 0 aromatic heterocycles. The first-order chi connectivity index (χ1) is 7.81. The molecule has 0 saturated carbocycles. The molecule has 0 spiro atoms. The number of nitrogens with zero attached hydrogens (tertiary/aromatic N) is 2. The minimum absolute atomic E-state index is 0.542. The van der Waals surface area contributed by atoms with Crippen LogP contribution < -0.4 is 5.32 Å². The molecule has 1 atom stereocenters. The van der Waals surface area contributed by atoms with Crippen LogP contribution in [-0.4, -0.2) is 30.6 Å². The van der Waals surface area contributed by atoms with E-state index in [9.17, 15) is 0 Å². The molecule has 1 aromatic carbocycles. The Bertz CT molecular complexity index is 394. The molecule has 1 saturated heterocycles. The predicted octanol–water partition coefficient (Wildman–Crippen LogP) is 1.35. The van der Waals surface area contributed by atoms with Crippen LogP contribution in [0.3, 0.4) is 0 Å². The van der Waals surface area contributed by atoms with Crippen molar-refractivity contribution in [3.05, 3.63) is 35.4 Å². The van der Waals surface area contributed by atoms with Gasteiger partial charge in [-0.3, -0.25) is 4.90 Å². The van der Waals surface area contributed by atoms with E-state index in [0.717, 1.165) is 37.3 Å². The van der Waals surface area contributed by atoms with E-state index in [1.54, 1.807) is 0 Å². The highest BCUT2D eigenvalue weighted by molar-refractivity contribution is 5.37. The summed E-state index contributed by atoms with van der Waals surface area (Å²) in [5.41, 5.74) is 1.94. The predicted molar refractivity (Wildman–Crippen MR) is 63.9 cm³/mol. The molecule has 1 aromatic rings. The summed E-state index contributed by atoms with van der Waals surface area (Å²) in [6.07, 6.45) is 0. The van der Waals surface area contributed by atoms with Crippen molar-refractivity contribution in [1.29, 1.82) is 5.26 Å². The molecule has 3 nitrogen and oxygen atoms in total. The number of rotatable bonds is 2. The van der Waals surface area contributed by atoms with Crippen molar-refractivity contribution in [3.8, 4) is 6.07 Å². The maximum absolute atomic E-state index is 9.03. The van der Waals surface area contributed by atoms with Crippen LogP contribution in [-0.2, 0) is 6.54 Å². The van der Waals surface area contributed by atoms with Crippen molar-refractivity contribution in [2.45, 2.75) is 19.5 Å². The van der Waals surface area contributed by atoms with Crippen LogP contribution >= 0.6 is 0 Å². The zero-order valence-corrected chi connectivity index (χ0v) is 9.61. The molecule has 1 fully saturated rings. The average Bonchev–Trinajstić information content (AvgIpc) is 2.33. The fraction of sp³-hybridized carbons (Fsp3) is 0.462. The van der Waals surface area contributed by atoms with Gasteiger partial charge in [0.15, 0.2) is 0 Å². The lowest BCUT2D eigenvalue weighted by atomic mass is 10.1. The minimum Gasteiger partial charge on any atom is -0.314 e. The van der Waals surface area contributed by atoms with Crippen molar-refractivity contribution in [1.82, 2.24) is 10.2 Å². The Morgan fingerprint density at radius 3 is 3.06 bits per heavy atom. The monoisotopic (exact) mass is 215 g/mol. The van der Waals surface area contributed by atoms with Gasteiger partial charge in [-0.15, -0.1) is 0 Å². The third kappa shape index (κ3) is 2.41. The molecule has 2 rings (SSSR count). The quantitative estimate of drug-likeness (QED) is 0.809. The van der Waals surface area contributed by atoms with E-state index in [1.807, 2.05) is 24.3 Å². The van der Waals surface area contributed by atoms with E-state index in [1.165, 1.54) is 0 Å². The van der Waals surface area contributed by atoms with Crippen LogP contribution in [0.2, 0.25) is 0 Å². The largest absolute Gasteiger partial charge is 0.314 e. The minimum atomic E-state index is 0.542. The van der Waals surface area contributed by atoms with Gasteiger partial charge in [0.2, 0.25) is 0 Å². The summed E-state index contributed by atoms with van der Waals surface area (Å²) >= 11 is 0. The Balaban J connectivity index is 2.11. The highest BCUT2D eigenvalue weighted by Crippen LogP contribution is 2.13. The second kappa shape index (κ2) is 5.11. The van der Waals surface area contributed by atoms with E-state index in [0.29, 0.717) is 6.04 Å². The second-order valence-corrected chi connectivity index (χ2v) is 4.29. The number of nitriles is 1. The van der Waals surface area contributed by atoms with Gasteiger partial charge in [0.25, 0.3) is 0 Å². The normalized spacial score (nSPS) is 21.6. The molecule has 1 N–H and O–H groups in total. The van der Waals surface area contributed by atoms with Crippen molar-refractivity contribution >= 4 is 0 Å². The Kier molecular flexibility index (Phi) is 3.55. The molecular weight excluding hydrogens is 198 g/mol. The van der Waals surface area contributed by atoms with Gasteiger partial charge in [0, 0.05) is 32.2 Å². The van der Waals surface area contributed by atoms with Gasteiger partial charge in [0.05, 0.1) is 11.6 Å². The summed E-state index contributed by atoms with van der Waals surface area (Å²) in [6, 6.07) is 10.7. The van der Waals surface area contributed by atoms with E-state index >= 15 is 0 Å². The van der Waals surface area contributed by atoms with Gasteiger partial charge in [-0.2, -0.15) is 5.26 Å². The molecule has 0 aliphatic carbocycles. The van der Waals surface area contributed by atoms with E-state index < -0.39 is 0 Å². The Hall–Kier alpha value is -1.37. The van der Waals surface area contributed by atoms with Gasteiger partial charge >= 0.3 is 0 Å². The second-order valence-electron chi connectivity index (χ2n) is 4.29. The summed E-state index contributed by atoms with van der Waals surface area (Å²) < 4.78 is 0. The lowest BCUT2D eigenvalue weighted by Crippen LogP contribution is -2.49. The average molecular weight is 215 g/mol. The molecule has 84 valence electrons. The number of hydrogen-bond donors (Lipinski definition) is 1. The Morgan fingerprint density at radius 2 is 2.31 bits per heavy atom. The van der Waals surface area contributed by atoms with Crippen LogP contribution in [0.4, 0.5) is 0 Å².